The lowest BCUT2D eigenvalue weighted by molar-refractivity contribution is -0.121. The Kier molecular flexibility index (Phi) is 6.54. The smallest absolute Gasteiger partial charge is 0.325 e. The van der Waals surface area contributed by atoms with Gasteiger partial charge in [-0.2, -0.15) is 0 Å². The predicted molar refractivity (Wildman–Crippen MR) is 108 cm³/mol. The minimum absolute atomic E-state index is 0.0248. The van der Waals surface area contributed by atoms with E-state index in [0.717, 1.165) is 11.3 Å². The zero-order valence-electron chi connectivity index (χ0n) is 14.6. The molecule has 1 aromatic heterocycles. The molecule has 0 spiro atoms. The second-order valence-electron chi connectivity index (χ2n) is 5.85. The summed E-state index contributed by atoms with van der Waals surface area (Å²) in [5.74, 6) is -0.0248. The molecule has 1 heterocycles. The van der Waals surface area contributed by atoms with E-state index < -0.39 is 0 Å². The van der Waals surface area contributed by atoms with Crippen LogP contribution in [0.25, 0.3) is 0 Å². The van der Waals surface area contributed by atoms with Crippen LogP contribution >= 0.6 is 11.3 Å². The highest BCUT2D eigenvalue weighted by Gasteiger charge is 2.08. The van der Waals surface area contributed by atoms with E-state index in [4.69, 9.17) is 0 Å². The maximum Gasteiger partial charge on any atom is 0.325 e. The van der Waals surface area contributed by atoms with Gasteiger partial charge in [0.2, 0.25) is 5.91 Å². The lowest BCUT2D eigenvalue weighted by atomic mass is 10.2. The van der Waals surface area contributed by atoms with E-state index >= 15 is 0 Å². The van der Waals surface area contributed by atoms with Crippen molar-refractivity contribution in [3.8, 4) is 0 Å². The third-order valence-electron chi connectivity index (χ3n) is 3.74. The number of para-hydroxylation sites is 1. The summed E-state index contributed by atoms with van der Waals surface area (Å²) in [6.45, 7) is 0.517. The van der Waals surface area contributed by atoms with Crippen molar-refractivity contribution in [3.05, 3.63) is 77.3 Å². The van der Waals surface area contributed by atoms with Crippen molar-refractivity contribution in [1.29, 1.82) is 0 Å². The van der Waals surface area contributed by atoms with Crippen LogP contribution in [0.1, 0.15) is 17.7 Å². The fourth-order valence-electron chi connectivity index (χ4n) is 2.39. The molecule has 3 rings (SSSR count). The van der Waals surface area contributed by atoms with E-state index in [2.05, 4.69) is 20.9 Å². The Labute approximate surface area is 161 Å². The zero-order chi connectivity index (χ0) is 18.9. The molecule has 0 aliphatic heterocycles. The van der Waals surface area contributed by atoms with Crippen LogP contribution in [-0.2, 0) is 17.8 Å². The number of thiazole rings is 1. The number of nitrogens with one attached hydrogen (secondary N) is 3. The molecule has 0 aliphatic rings. The first-order valence-electron chi connectivity index (χ1n) is 8.57. The number of urea groups is 1. The van der Waals surface area contributed by atoms with Crippen LogP contribution in [0.2, 0.25) is 0 Å². The van der Waals surface area contributed by atoms with Crippen molar-refractivity contribution in [2.75, 3.05) is 10.6 Å². The lowest BCUT2D eigenvalue weighted by Gasteiger charge is -2.05. The third-order valence-corrected chi connectivity index (χ3v) is 4.55. The van der Waals surface area contributed by atoms with Gasteiger partial charge in [0.15, 0.2) is 5.13 Å². The van der Waals surface area contributed by atoms with Crippen LogP contribution in [0.5, 0.6) is 0 Å². The molecule has 0 atom stereocenters. The van der Waals surface area contributed by atoms with Crippen LogP contribution in [-0.4, -0.2) is 16.9 Å². The normalized spacial score (nSPS) is 10.2. The van der Waals surface area contributed by atoms with Crippen molar-refractivity contribution >= 4 is 34.1 Å². The van der Waals surface area contributed by atoms with Gasteiger partial charge < -0.3 is 10.6 Å². The van der Waals surface area contributed by atoms with Gasteiger partial charge in [-0.25, -0.2) is 9.78 Å². The summed E-state index contributed by atoms with van der Waals surface area (Å²) in [5.41, 5.74) is 2.56. The molecule has 0 unspecified atom stereocenters. The van der Waals surface area contributed by atoms with Gasteiger partial charge in [0.25, 0.3) is 0 Å². The van der Waals surface area contributed by atoms with Crippen molar-refractivity contribution in [2.24, 2.45) is 0 Å². The van der Waals surface area contributed by atoms with Crippen molar-refractivity contribution < 1.29 is 9.59 Å². The van der Waals surface area contributed by atoms with Crippen LogP contribution in [0.4, 0.5) is 15.6 Å². The summed E-state index contributed by atoms with van der Waals surface area (Å²) in [5, 5.41) is 10.7. The van der Waals surface area contributed by atoms with Gasteiger partial charge in [0, 0.05) is 24.0 Å². The maximum absolute atomic E-state index is 12.0. The minimum atomic E-state index is -0.345. The molecule has 0 radical (unpaired) electrons. The highest BCUT2D eigenvalue weighted by atomic mass is 32.1. The number of aromatic nitrogens is 1. The molecule has 3 aromatic rings. The topological polar surface area (TPSA) is 83.1 Å². The molecule has 0 saturated carbocycles. The highest BCUT2D eigenvalue weighted by Crippen LogP contribution is 2.17. The second kappa shape index (κ2) is 9.49. The van der Waals surface area contributed by atoms with Crippen molar-refractivity contribution in [3.63, 3.8) is 0 Å². The molecular formula is C20H20N4O2S. The quantitative estimate of drug-likeness (QED) is 0.578. The monoisotopic (exact) mass is 380 g/mol. The van der Waals surface area contributed by atoms with E-state index in [9.17, 15) is 9.59 Å². The number of amides is 3. The molecule has 0 saturated heterocycles. The number of hydrogen-bond donors (Lipinski definition) is 3. The summed E-state index contributed by atoms with van der Waals surface area (Å²) in [4.78, 5) is 28.3. The average Bonchev–Trinajstić information content (AvgIpc) is 3.13. The first-order valence-corrected chi connectivity index (χ1v) is 9.45. The molecule has 3 amide bonds. The summed E-state index contributed by atoms with van der Waals surface area (Å²) in [7, 11) is 0. The highest BCUT2D eigenvalue weighted by molar-refractivity contribution is 7.13. The average molecular weight is 380 g/mol. The Morgan fingerprint density at radius 1 is 0.926 bits per heavy atom. The van der Waals surface area contributed by atoms with Gasteiger partial charge in [0.05, 0.1) is 5.69 Å². The number of benzene rings is 2. The SMILES string of the molecule is O=C(CCc1csc(NC(=O)Nc2ccccc2)n1)NCc1ccccc1. The van der Waals surface area contributed by atoms with Gasteiger partial charge in [-0.3, -0.25) is 10.1 Å². The summed E-state index contributed by atoms with van der Waals surface area (Å²) >= 11 is 1.34. The van der Waals surface area contributed by atoms with Crippen molar-refractivity contribution in [2.45, 2.75) is 19.4 Å². The Morgan fingerprint density at radius 2 is 1.63 bits per heavy atom. The molecule has 0 aliphatic carbocycles. The first kappa shape index (κ1) is 18.6. The minimum Gasteiger partial charge on any atom is -0.352 e. The van der Waals surface area contributed by atoms with Gasteiger partial charge in [-0.15, -0.1) is 11.3 Å². The number of carbonyl (C=O) groups excluding carboxylic acids is 2. The van der Waals surface area contributed by atoms with E-state index in [1.54, 1.807) is 12.1 Å². The molecule has 7 heteroatoms. The molecule has 6 nitrogen and oxygen atoms in total. The standard InChI is InChI=1S/C20H20N4O2S/c25-18(21-13-15-7-3-1-4-8-15)12-11-17-14-27-20(23-17)24-19(26)22-16-9-5-2-6-10-16/h1-10,14H,11-13H2,(H,21,25)(H2,22,23,24,26). The maximum atomic E-state index is 12.0. The third kappa shape index (κ3) is 6.23. The van der Waals surface area contributed by atoms with Crippen molar-refractivity contribution in [1.82, 2.24) is 10.3 Å². The Hall–Kier alpha value is -3.19. The Morgan fingerprint density at radius 3 is 2.37 bits per heavy atom. The first-order chi connectivity index (χ1) is 13.2. The predicted octanol–water partition coefficient (Wildman–Crippen LogP) is 4.04. The van der Waals surface area contributed by atoms with Crippen LogP contribution < -0.4 is 16.0 Å². The largest absolute Gasteiger partial charge is 0.352 e. The van der Waals surface area contributed by atoms with Gasteiger partial charge in [0.1, 0.15) is 0 Å². The fourth-order valence-corrected chi connectivity index (χ4v) is 3.13. The molecule has 3 N–H and O–H groups in total. The Balaban J connectivity index is 1.41. The summed E-state index contributed by atoms with van der Waals surface area (Å²) in [6, 6.07) is 18.6. The van der Waals surface area contributed by atoms with Crippen LogP contribution in [0.15, 0.2) is 66.0 Å². The van der Waals surface area contributed by atoms with E-state index in [0.29, 0.717) is 30.2 Å². The number of carbonyl (C=O) groups is 2. The van der Waals surface area contributed by atoms with E-state index in [1.807, 2.05) is 53.9 Å². The van der Waals surface area contributed by atoms with Gasteiger partial charge in [-0.1, -0.05) is 48.5 Å². The second-order valence-corrected chi connectivity index (χ2v) is 6.71. The molecule has 27 heavy (non-hydrogen) atoms. The lowest BCUT2D eigenvalue weighted by Crippen LogP contribution is -2.23. The van der Waals surface area contributed by atoms with Gasteiger partial charge >= 0.3 is 6.03 Å². The number of hydrogen-bond acceptors (Lipinski definition) is 4. The van der Waals surface area contributed by atoms with E-state index in [1.165, 1.54) is 11.3 Å². The number of nitrogens with zero attached hydrogens (tertiary/aromatic N) is 1. The molecule has 138 valence electrons. The molecule has 2 aromatic carbocycles. The Bertz CT molecular complexity index is 881. The van der Waals surface area contributed by atoms with Gasteiger partial charge in [-0.05, 0) is 24.1 Å². The zero-order valence-corrected chi connectivity index (χ0v) is 15.5. The fraction of sp³-hybridized carbons (Fsp3) is 0.150. The van der Waals surface area contributed by atoms with Crippen LogP contribution in [0, 0.1) is 0 Å². The summed E-state index contributed by atoms with van der Waals surface area (Å²) in [6.07, 6.45) is 0.880. The summed E-state index contributed by atoms with van der Waals surface area (Å²) < 4.78 is 0. The number of aryl methyl sites for hydroxylation is 1. The number of rotatable bonds is 7. The number of anilines is 2. The molecular weight excluding hydrogens is 360 g/mol. The van der Waals surface area contributed by atoms with E-state index in [-0.39, 0.29) is 11.9 Å². The molecule has 0 fully saturated rings. The van der Waals surface area contributed by atoms with Crippen LogP contribution in [0.3, 0.4) is 0 Å². The molecule has 0 bridgehead atoms.